The Bertz CT molecular complexity index is 987. The van der Waals surface area contributed by atoms with E-state index in [9.17, 15) is 19.2 Å². The predicted octanol–water partition coefficient (Wildman–Crippen LogP) is 3.49. The number of hydrogen-bond acceptors (Lipinski definition) is 7. The summed E-state index contributed by atoms with van der Waals surface area (Å²) in [4.78, 5) is 56.2. The Morgan fingerprint density at radius 1 is 1.02 bits per heavy atom. The van der Waals surface area contributed by atoms with Crippen molar-refractivity contribution >= 4 is 23.8 Å². The van der Waals surface area contributed by atoms with Crippen LogP contribution >= 0.6 is 0 Å². The number of unbranched alkanes of at least 4 members (excludes halogenated alkanes) is 2. The number of rotatable bonds is 14. The molecule has 40 heavy (non-hydrogen) atoms. The molecule has 9 nitrogen and oxygen atoms in total. The van der Waals surface area contributed by atoms with Crippen molar-refractivity contribution in [3.63, 3.8) is 0 Å². The highest BCUT2D eigenvalue weighted by Crippen LogP contribution is 2.37. The quantitative estimate of drug-likeness (QED) is 0.276. The molecule has 2 aliphatic heterocycles. The molecule has 9 heteroatoms. The minimum atomic E-state index is -0.739. The number of carbonyl (C=O) groups is 4. The molecular weight excluding hydrogens is 510 g/mol. The van der Waals surface area contributed by atoms with Crippen LogP contribution in [0.2, 0.25) is 0 Å². The smallest absolute Gasteiger partial charge is 0.328 e. The van der Waals surface area contributed by atoms with Crippen molar-refractivity contribution in [3.05, 3.63) is 35.9 Å². The maximum atomic E-state index is 14.0. The summed E-state index contributed by atoms with van der Waals surface area (Å²) in [6, 6.07) is 7.48. The molecule has 3 rings (SSSR count). The van der Waals surface area contributed by atoms with Gasteiger partial charge in [-0.25, -0.2) is 4.79 Å². The van der Waals surface area contributed by atoms with Gasteiger partial charge in [-0.05, 0) is 64.4 Å². The second kappa shape index (κ2) is 15.7. The fourth-order valence-electron chi connectivity index (χ4n) is 5.94. The van der Waals surface area contributed by atoms with Crippen LogP contribution < -0.4 is 5.32 Å². The van der Waals surface area contributed by atoms with Gasteiger partial charge in [-0.2, -0.15) is 0 Å². The summed E-state index contributed by atoms with van der Waals surface area (Å²) >= 11 is 0. The zero-order valence-corrected chi connectivity index (χ0v) is 24.6. The van der Waals surface area contributed by atoms with Crippen LogP contribution in [-0.4, -0.2) is 84.0 Å². The topological polar surface area (TPSA) is 105 Å². The standard InChI is InChI=1S/C31H47N3O6/c1-5-8-10-15-28(35)33-19-18-24-20-26(31(38)40-7-3)34(27(24)21-33)29(36)22(4)32-25(30(37)39-6-2)17-16-23-13-11-9-12-14-23/h9,11-14,22,24-27,32H,5-8,10,15-21H2,1-4H3/t22-,24+,25+,26+,27-/m0/s1. The number of fused-ring (bicyclic) bond motifs is 1. The van der Waals surface area contributed by atoms with E-state index in [1.54, 1.807) is 25.7 Å². The minimum Gasteiger partial charge on any atom is -0.465 e. The number of ether oxygens (including phenoxy) is 2. The van der Waals surface area contributed by atoms with Crippen LogP contribution in [-0.2, 0) is 35.1 Å². The number of nitrogens with zero attached hydrogens (tertiary/aromatic N) is 2. The zero-order valence-electron chi connectivity index (χ0n) is 24.6. The largest absolute Gasteiger partial charge is 0.465 e. The number of amides is 2. The molecule has 1 aromatic rings. The molecule has 2 heterocycles. The number of likely N-dealkylation sites (tertiary alicyclic amines) is 2. The first-order valence-electron chi connectivity index (χ1n) is 15.0. The van der Waals surface area contributed by atoms with E-state index in [0.717, 1.165) is 31.2 Å². The van der Waals surface area contributed by atoms with E-state index in [4.69, 9.17) is 9.47 Å². The average Bonchev–Trinajstić information content (AvgIpc) is 3.34. The number of carbonyl (C=O) groups excluding carboxylic acids is 4. The maximum Gasteiger partial charge on any atom is 0.328 e. The summed E-state index contributed by atoms with van der Waals surface area (Å²) in [7, 11) is 0. The molecule has 2 aliphatic rings. The second-order valence-electron chi connectivity index (χ2n) is 10.9. The summed E-state index contributed by atoms with van der Waals surface area (Å²) in [6.45, 7) is 8.87. The third kappa shape index (κ3) is 8.29. The van der Waals surface area contributed by atoms with E-state index in [2.05, 4.69) is 12.2 Å². The highest BCUT2D eigenvalue weighted by Gasteiger charge is 2.50. The molecule has 5 atom stereocenters. The van der Waals surface area contributed by atoms with Gasteiger partial charge >= 0.3 is 11.9 Å². The van der Waals surface area contributed by atoms with Crippen molar-refractivity contribution in [2.45, 2.75) is 103 Å². The highest BCUT2D eigenvalue weighted by molar-refractivity contribution is 5.89. The van der Waals surface area contributed by atoms with E-state index in [1.807, 2.05) is 35.2 Å². The van der Waals surface area contributed by atoms with E-state index in [-0.39, 0.29) is 37.0 Å². The van der Waals surface area contributed by atoms with Gasteiger partial charge in [0.2, 0.25) is 11.8 Å². The molecule has 0 spiro atoms. The Kier molecular flexibility index (Phi) is 12.4. The van der Waals surface area contributed by atoms with E-state index >= 15 is 0 Å². The summed E-state index contributed by atoms with van der Waals surface area (Å²) < 4.78 is 10.7. The van der Waals surface area contributed by atoms with Gasteiger partial charge in [0.05, 0.1) is 25.3 Å². The van der Waals surface area contributed by atoms with Crippen molar-refractivity contribution in [3.8, 4) is 0 Å². The molecule has 0 unspecified atom stereocenters. The molecule has 1 aromatic carbocycles. The lowest BCUT2D eigenvalue weighted by Crippen LogP contribution is -2.59. The van der Waals surface area contributed by atoms with Gasteiger partial charge in [-0.15, -0.1) is 0 Å². The number of aryl methyl sites for hydroxylation is 1. The molecule has 222 valence electrons. The summed E-state index contributed by atoms with van der Waals surface area (Å²) in [5, 5.41) is 3.21. The molecular formula is C31H47N3O6. The van der Waals surface area contributed by atoms with Crippen LogP contribution in [0, 0.1) is 5.92 Å². The first-order valence-corrected chi connectivity index (χ1v) is 15.0. The fraction of sp³-hybridized carbons (Fsp3) is 0.677. The van der Waals surface area contributed by atoms with Gasteiger partial charge in [0.25, 0.3) is 0 Å². The van der Waals surface area contributed by atoms with Crippen molar-refractivity contribution in [2.24, 2.45) is 5.92 Å². The number of benzene rings is 1. The van der Waals surface area contributed by atoms with Crippen LogP contribution in [0.15, 0.2) is 30.3 Å². The first-order chi connectivity index (χ1) is 19.3. The number of nitrogens with one attached hydrogen (secondary N) is 1. The molecule has 1 N–H and O–H groups in total. The lowest BCUT2D eigenvalue weighted by atomic mass is 9.91. The van der Waals surface area contributed by atoms with Crippen molar-refractivity contribution in [2.75, 3.05) is 26.3 Å². The van der Waals surface area contributed by atoms with Gasteiger partial charge in [0.1, 0.15) is 12.1 Å². The van der Waals surface area contributed by atoms with Crippen LogP contribution in [0.4, 0.5) is 0 Å². The number of piperidine rings is 1. The lowest BCUT2D eigenvalue weighted by Gasteiger charge is -2.40. The Balaban J connectivity index is 1.76. The molecule has 0 radical (unpaired) electrons. The number of hydrogen-bond donors (Lipinski definition) is 1. The van der Waals surface area contributed by atoms with E-state index in [0.29, 0.717) is 38.8 Å². The monoisotopic (exact) mass is 557 g/mol. The third-order valence-electron chi connectivity index (χ3n) is 8.06. The second-order valence-corrected chi connectivity index (χ2v) is 10.9. The van der Waals surface area contributed by atoms with Crippen molar-refractivity contribution < 1.29 is 28.7 Å². The van der Waals surface area contributed by atoms with Gasteiger partial charge in [0, 0.05) is 19.5 Å². The van der Waals surface area contributed by atoms with Crippen LogP contribution in [0.25, 0.3) is 0 Å². The lowest BCUT2D eigenvalue weighted by molar-refractivity contribution is -0.156. The van der Waals surface area contributed by atoms with Crippen LogP contribution in [0.1, 0.15) is 78.2 Å². The predicted molar refractivity (Wildman–Crippen MR) is 152 cm³/mol. The highest BCUT2D eigenvalue weighted by atomic mass is 16.5. The molecule has 0 saturated carbocycles. The Labute approximate surface area is 238 Å². The van der Waals surface area contributed by atoms with Gasteiger partial charge in [-0.3, -0.25) is 19.7 Å². The Morgan fingerprint density at radius 3 is 2.42 bits per heavy atom. The molecule has 0 aliphatic carbocycles. The minimum absolute atomic E-state index is 0.105. The van der Waals surface area contributed by atoms with Crippen molar-refractivity contribution in [1.82, 2.24) is 15.1 Å². The first kappa shape index (κ1) is 31.6. The maximum absolute atomic E-state index is 14.0. The SMILES string of the molecule is CCCCCC(=O)N1CC[C@@H]2C[C@H](C(=O)OCC)N(C(=O)[C@H](C)N[C@H](CCc3ccccc3)C(=O)OCC)[C@H]2C1. The summed E-state index contributed by atoms with van der Waals surface area (Å²) in [6.07, 6.45) is 5.79. The molecule has 0 aromatic heterocycles. The normalized spacial score (nSPS) is 21.9. The molecule has 0 bridgehead atoms. The third-order valence-corrected chi connectivity index (χ3v) is 8.06. The van der Waals surface area contributed by atoms with Crippen LogP contribution in [0.5, 0.6) is 0 Å². The van der Waals surface area contributed by atoms with Gasteiger partial charge < -0.3 is 19.3 Å². The van der Waals surface area contributed by atoms with Crippen molar-refractivity contribution in [1.29, 1.82) is 0 Å². The molecule has 2 amide bonds. The van der Waals surface area contributed by atoms with E-state index < -0.39 is 30.1 Å². The molecule has 2 fully saturated rings. The van der Waals surface area contributed by atoms with E-state index in [1.165, 1.54) is 0 Å². The fourth-order valence-corrected chi connectivity index (χ4v) is 5.94. The van der Waals surface area contributed by atoms with Gasteiger partial charge in [-0.1, -0.05) is 50.1 Å². The summed E-state index contributed by atoms with van der Waals surface area (Å²) in [5.74, 6) is -0.859. The molecule has 2 saturated heterocycles. The number of esters is 2. The van der Waals surface area contributed by atoms with Crippen LogP contribution in [0.3, 0.4) is 0 Å². The Morgan fingerprint density at radius 2 is 1.75 bits per heavy atom. The Hall–Kier alpha value is -2.94. The summed E-state index contributed by atoms with van der Waals surface area (Å²) in [5.41, 5.74) is 1.09. The zero-order chi connectivity index (χ0) is 29.1. The van der Waals surface area contributed by atoms with Gasteiger partial charge in [0.15, 0.2) is 0 Å². The average molecular weight is 558 g/mol.